The van der Waals surface area contributed by atoms with Gasteiger partial charge in [0.25, 0.3) is 0 Å². The lowest BCUT2D eigenvalue weighted by Crippen LogP contribution is -2.28. The van der Waals surface area contributed by atoms with E-state index < -0.39 is 17.5 Å². The number of rotatable bonds is 2. The summed E-state index contributed by atoms with van der Waals surface area (Å²) in [5.41, 5.74) is -0.874. The Morgan fingerprint density at radius 2 is 2.00 bits per heavy atom. The van der Waals surface area contributed by atoms with Crippen LogP contribution in [0.25, 0.3) is 0 Å². The highest BCUT2D eigenvalue weighted by atomic mass is 19.1. The molecule has 1 aromatic rings. The molecule has 72 valence electrons. The van der Waals surface area contributed by atoms with Crippen LogP contribution in [0.1, 0.15) is 25.5 Å². The van der Waals surface area contributed by atoms with E-state index in [1.807, 2.05) is 0 Å². The minimum atomic E-state index is -1.26. The molecule has 3 heteroatoms. The van der Waals surface area contributed by atoms with Crippen LogP contribution in [0.5, 0.6) is 0 Å². The van der Waals surface area contributed by atoms with Crippen molar-refractivity contribution in [3.05, 3.63) is 35.6 Å². The third-order valence-electron chi connectivity index (χ3n) is 1.83. The molecule has 0 aromatic heterocycles. The fourth-order valence-electron chi connectivity index (χ4n) is 1.08. The zero-order valence-corrected chi connectivity index (χ0v) is 7.66. The van der Waals surface area contributed by atoms with Gasteiger partial charge in [0, 0.05) is 0 Å². The summed E-state index contributed by atoms with van der Waals surface area (Å²) in [6, 6.07) is 5.58. The van der Waals surface area contributed by atoms with Gasteiger partial charge in [0.15, 0.2) is 0 Å². The molecule has 0 heterocycles. The molecule has 0 bridgehead atoms. The molecule has 2 N–H and O–H groups in total. The molecule has 0 fully saturated rings. The summed E-state index contributed by atoms with van der Waals surface area (Å²) >= 11 is 0. The highest BCUT2D eigenvalue weighted by molar-refractivity contribution is 5.20. The summed E-state index contributed by atoms with van der Waals surface area (Å²) in [6.45, 7) is 2.95. The predicted molar refractivity (Wildman–Crippen MR) is 47.7 cm³/mol. The van der Waals surface area contributed by atoms with E-state index >= 15 is 0 Å². The van der Waals surface area contributed by atoms with E-state index in [0.29, 0.717) is 5.56 Å². The molecule has 13 heavy (non-hydrogen) atoms. The van der Waals surface area contributed by atoms with Crippen LogP contribution in [0, 0.1) is 5.82 Å². The Hall–Kier alpha value is -0.930. The molecular weight excluding hydrogens is 171 g/mol. The Morgan fingerprint density at radius 1 is 1.38 bits per heavy atom. The number of aliphatic hydroxyl groups is 2. The monoisotopic (exact) mass is 184 g/mol. The SMILES string of the molecule is CC(C)(O)C(O)c1cccc(F)c1. The van der Waals surface area contributed by atoms with Crippen molar-refractivity contribution in [3.63, 3.8) is 0 Å². The van der Waals surface area contributed by atoms with Crippen LogP contribution in [0.3, 0.4) is 0 Å². The van der Waals surface area contributed by atoms with E-state index in [9.17, 15) is 14.6 Å². The van der Waals surface area contributed by atoms with E-state index in [0.717, 1.165) is 0 Å². The third-order valence-corrected chi connectivity index (χ3v) is 1.83. The van der Waals surface area contributed by atoms with Gasteiger partial charge >= 0.3 is 0 Å². The second-order valence-corrected chi connectivity index (χ2v) is 3.61. The topological polar surface area (TPSA) is 40.5 Å². The maximum Gasteiger partial charge on any atom is 0.123 e. The zero-order valence-electron chi connectivity index (χ0n) is 7.66. The Bertz CT molecular complexity index is 291. The number of halogens is 1. The zero-order chi connectivity index (χ0) is 10.1. The molecule has 0 amide bonds. The van der Waals surface area contributed by atoms with Gasteiger partial charge in [-0.15, -0.1) is 0 Å². The van der Waals surface area contributed by atoms with E-state index in [4.69, 9.17) is 0 Å². The standard InChI is InChI=1S/C10H13FO2/c1-10(2,13)9(12)7-4-3-5-8(11)6-7/h3-6,9,12-13H,1-2H3. The minimum Gasteiger partial charge on any atom is -0.387 e. The molecule has 0 saturated heterocycles. The van der Waals surface area contributed by atoms with E-state index in [1.165, 1.54) is 32.0 Å². The van der Waals surface area contributed by atoms with Crippen LogP contribution in [0.4, 0.5) is 4.39 Å². The molecule has 1 aromatic carbocycles. The second kappa shape index (κ2) is 3.44. The minimum absolute atomic E-state index is 0.382. The van der Waals surface area contributed by atoms with Crippen molar-refractivity contribution in [2.24, 2.45) is 0 Å². The van der Waals surface area contributed by atoms with Crippen molar-refractivity contribution >= 4 is 0 Å². The van der Waals surface area contributed by atoms with Gasteiger partial charge in [-0.05, 0) is 31.5 Å². The summed E-state index contributed by atoms with van der Waals surface area (Å²) in [7, 11) is 0. The predicted octanol–water partition coefficient (Wildman–Crippen LogP) is 1.63. The Labute approximate surface area is 76.6 Å². The normalized spacial score (nSPS) is 14.2. The highest BCUT2D eigenvalue weighted by Crippen LogP contribution is 2.25. The van der Waals surface area contributed by atoms with Crippen LogP contribution in [-0.4, -0.2) is 15.8 Å². The fraction of sp³-hybridized carbons (Fsp3) is 0.400. The first-order chi connectivity index (χ1) is 5.91. The third kappa shape index (κ3) is 2.50. The first-order valence-corrected chi connectivity index (χ1v) is 4.07. The first-order valence-electron chi connectivity index (χ1n) is 4.07. The van der Waals surface area contributed by atoms with Crippen LogP contribution in [0.15, 0.2) is 24.3 Å². The van der Waals surface area contributed by atoms with Gasteiger partial charge in [0.1, 0.15) is 11.9 Å². The van der Waals surface area contributed by atoms with Gasteiger partial charge in [0.05, 0.1) is 5.60 Å². The van der Waals surface area contributed by atoms with Gasteiger partial charge in [-0.2, -0.15) is 0 Å². The molecule has 0 spiro atoms. The number of hydrogen-bond donors (Lipinski definition) is 2. The Morgan fingerprint density at radius 3 is 2.46 bits per heavy atom. The lowest BCUT2D eigenvalue weighted by Gasteiger charge is -2.24. The van der Waals surface area contributed by atoms with E-state index in [2.05, 4.69) is 0 Å². The van der Waals surface area contributed by atoms with Crippen molar-refractivity contribution in [2.45, 2.75) is 25.6 Å². The molecule has 0 aliphatic carbocycles. The van der Waals surface area contributed by atoms with Crippen LogP contribution >= 0.6 is 0 Å². The molecule has 1 unspecified atom stereocenters. The van der Waals surface area contributed by atoms with E-state index in [-0.39, 0.29) is 0 Å². The molecule has 0 aliphatic rings. The van der Waals surface area contributed by atoms with Crippen LogP contribution in [-0.2, 0) is 0 Å². The summed E-state index contributed by atoms with van der Waals surface area (Å²) < 4.78 is 12.7. The largest absolute Gasteiger partial charge is 0.387 e. The maximum atomic E-state index is 12.7. The van der Waals surface area contributed by atoms with Gasteiger partial charge in [-0.1, -0.05) is 12.1 Å². The van der Waals surface area contributed by atoms with Crippen molar-refractivity contribution in [2.75, 3.05) is 0 Å². The smallest absolute Gasteiger partial charge is 0.123 e. The summed E-state index contributed by atoms with van der Waals surface area (Å²) in [6.07, 6.45) is -1.07. The highest BCUT2D eigenvalue weighted by Gasteiger charge is 2.25. The van der Waals surface area contributed by atoms with E-state index in [1.54, 1.807) is 6.07 Å². The van der Waals surface area contributed by atoms with Gasteiger partial charge in [-0.25, -0.2) is 4.39 Å². The van der Waals surface area contributed by atoms with Crippen molar-refractivity contribution < 1.29 is 14.6 Å². The summed E-state index contributed by atoms with van der Waals surface area (Å²) in [5, 5.41) is 19.0. The maximum absolute atomic E-state index is 12.7. The average Bonchev–Trinajstić information content (AvgIpc) is 2.01. The summed E-state index contributed by atoms with van der Waals surface area (Å²) in [5.74, 6) is -0.416. The van der Waals surface area contributed by atoms with Gasteiger partial charge in [-0.3, -0.25) is 0 Å². The number of aliphatic hydroxyl groups excluding tert-OH is 1. The van der Waals surface area contributed by atoms with Gasteiger partial charge < -0.3 is 10.2 Å². The molecule has 2 nitrogen and oxygen atoms in total. The van der Waals surface area contributed by atoms with Gasteiger partial charge in [0.2, 0.25) is 0 Å². The average molecular weight is 184 g/mol. The summed E-state index contributed by atoms with van der Waals surface area (Å²) in [4.78, 5) is 0. The fourth-order valence-corrected chi connectivity index (χ4v) is 1.08. The molecule has 0 aliphatic heterocycles. The molecule has 0 saturated carbocycles. The quantitative estimate of drug-likeness (QED) is 0.733. The molecule has 0 radical (unpaired) electrons. The molecule has 1 rings (SSSR count). The Balaban J connectivity index is 2.96. The molecule has 1 atom stereocenters. The lowest BCUT2D eigenvalue weighted by atomic mass is 9.95. The first kappa shape index (κ1) is 10.2. The van der Waals surface area contributed by atoms with Crippen molar-refractivity contribution in [1.82, 2.24) is 0 Å². The number of hydrogen-bond acceptors (Lipinski definition) is 2. The van der Waals surface area contributed by atoms with Crippen LogP contribution < -0.4 is 0 Å². The van der Waals surface area contributed by atoms with Crippen molar-refractivity contribution in [3.8, 4) is 0 Å². The second-order valence-electron chi connectivity index (χ2n) is 3.61. The Kier molecular flexibility index (Phi) is 2.68. The number of benzene rings is 1. The van der Waals surface area contributed by atoms with Crippen LogP contribution in [0.2, 0.25) is 0 Å². The van der Waals surface area contributed by atoms with Crippen molar-refractivity contribution in [1.29, 1.82) is 0 Å². The lowest BCUT2D eigenvalue weighted by molar-refractivity contribution is -0.0497. The molecular formula is C10H13FO2.